The predicted octanol–water partition coefficient (Wildman–Crippen LogP) is 0.988. The maximum atomic E-state index is 11.8. The summed E-state index contributed by atoms with van der Waals surface area (Å²) in [5.41, 5.74) is -0.407. The van der Waals surface area contributed by atoms with Gasteiger partial charge >= 0.3 is 5.97 Å². The summed E-state index contributed by atoms with van der Waals surface area (Å²) >= 11 is 0. The Balaban J connectivity index is 0.00000196. The number of nitrogens with one attached hydrogen (secondary N) is 1. The van der Waals surface area contributed by atoms with Crippen molar-refractivity contribution in [3.05, 3.63) is 0 Å². The average molecular weight is 238 g/mol. The van der Waals surface area contributed by atoms with Gasteiger partial charge in [-0.05, 0) is 32.9 Å². The van der Waals surface area contributed by atoms with Crippen LogP contribution < -0.4 is 5.32 Å². The smallest absolute Gasteiger partial charge is 0.314 e. The standard InChI is InChI=1S/C10H19NO3.ClH/c1-3-14-9(12)10(8-13-2)4-6-11-7-5-10;/h11H,3-8H2,1-2H3;1H. The van der Waals surface area contributed by atoms with Crippen LogP contribution in [0.5, 0.6) is 0 Å². The van der Waals surface area contributed by atoms with Gasteiger partial charge in [0.15, 0.2) is 0 Å². The molecular formula is C10H20ClNO3. The SMILES string of the molecule is CCOC(=O)C1(COC)CCNCC1.Cl. The lowest BCUT2D eigenvalue weighted by atomic mass is 9.80. The van der Waals surface area contributed by atoms with Crippen LogP contribution in [0.25, 0.3) is 0 Å². The molecular weight excluding hydrogens is 218 g/mol. The van der Waals surface area contributed by atoms with E-state index in [4.69, 9.17) is 9.47 Å². The lowest BCUT2D eigenvalue weighted by Crippen LogP contribution is -2.46. The van der Waals surface area contributed by atoms with Crippen molar-refractivity contribution in [2.24, 2.45) is 5.41 Å². The van der Waals surface area contributed by atoms with Gasteiger partial charge in [0.2, 0.25) is 0 Å². The van der Waals surface area contributed by atoms with Crippen LogP contribution in [0.3, 0.4) is 0 Å². The quantitative estimate of drug-likeness (QED) is 0.741. The van der Waals surface area contributed by atoms with Crippen LogP contribution in [0.2, 0.25) is 0 Å². The van der Waals surface area contributed by atoms with Gasteiger partial charge in [-0.1, -0.05) is 0 Å². The highest BCUT2D eigenvalue weighted by molar-refractivity contribution is 5.85. The van der Waals surface area contributed by atoms with Crippen molar-refractivity contribution in [3.8, 4) is 0 Å². The van der Waals surface area contributed by atoms with E-state index in [2.05, 4.69) is 5.32 Å². The fraction of sp³-hybridized carbons (Fsp3) is 0.900. The van der Waals surface area contributed by atoms with E-state index in [1.54, 1.807) is 7.11 Å². The van der Waals surface area contributed by atoms with Gasteiger partial charge in [-0.3, -0.25) is 4.79 Å². The lowest BCUT2D eigenvalue weighted by Gasteiger charge is -2.34. The molecule has 0 aromatic carbocycles. The summed E-state index contributed by atoms with van der Waals surface area (Å²) in [6, 6.07) is 0. The van der Waals surface area contributed by atoms with Crippen LogP contribution in [0.15, 0.2) is 0 Å². The number of carbonyl (C=O) groups excluding carboxylic acids is 1. The molecule has 0 saturated carbocycles. The highest BCUT2D eigenvalue weighted by atomic mass is 35.5. The van der Waals surface area contributed by atoms with E-state index in [-0.39, 0.29) is 18.4 Å². The molecule has 0 aromatic heterocycles. The van der Waals surface area contributed by atoms with E-state index in [1.807, 2.05) is 6.92 Å². The molecule has 1 aliphatic heterocycles. The molecule has 15 heavy (non-hydrogen) atoms. The van der Waals surface area contributed by atoms with E-state index in [1.165, 1.54) is 0 Å². The van der Waals surface area contributed by atoms with Gasteiger partial charge in [0, 0.05) is 7.11 Å². The minimum atomic E-state index is -0.407. The summed E-state index contributed by atoms with van der Waals surface area (Å²) < 4.78 is 10.2. The number of carbonyl (C=O) groups is 1. The molecule has 1 aliphatic rings. The number of piperidine rings is 1. The summed E-state index contributed by atoms with van der Waals surface area (Å²) in [6.45, 7) is 4.47. The van der Waals surface area contributed by atoms with Gasteiger partial charge in [-0.25, -0.2) is 0 Å². The van der Waals surface area contributed by atoms with Crippen molar-refractivity contribution in [2.45, 2.75) is 19.8 Å². The van der Waals surface area contributed by atoms with Gasteiger partial charge in [0.25, 0.3) is 0 Å². The molecule has 1 N–H and O–H groups in total. The number of esters is 1. The number of ether oxygens (including phenoxy) is 2. The average Bonchev–Trinajstić information content (AvgIpc) is 2.20. The summed E-state index contributed by atoms with van der Waals surface area (Å²) in [5, 5.41) is 3.23. The first-order valence-corrected chi connectivity index (χ1v) is 5.12. The summed E-state index contributed by atoms with van der Waals surface area (Å²) in [5.74, 6) is -0.108. The number of methoxy groups -OCH3 is 1. The number of rotatable bonds is 4. The third kappa shape index (κ3) is 3.63. The Morgan fingerprint density at radius 3 is 2.47 bits per heavy atom. The molecule has 0 spiro atoms. The van der Waals surface area contributed by atoms with E-state index in [0.29, 0.717) is 13.2 Å². The van der Waals surface area contributed by atoms with Crippen molar-refractivity contribution >= 4 is 18.4 Å². The maximum absolute atomic E-state index is 11.8. The molecule has 0 bridgehead atoms. The second kappa shape index (κ2) is 7.04. The van der Waals surface area contributed by atoms with Crippen molar-refractivity contribution in [2.75, 3.05) is 33.4 Å². The molecule has 0 unspecified atom stereocenters. The molecule has 1 rings (SSSR count). The Kier molecular flexibility index (Phi) is 6.89. The first-order valence-electron chi connectivity index (χ1n) is 5.12. The second-order valence-corrected chi connectivity index (χ2v) is 3.68. The van der Waals surface area contributed by atoms with Gasteiger partial charge in [-0.15, -0.1) is 12.4 Å². The van der Waals surface area contributed by atoms with Crippen molar-refractivity contribution in [3.63, 3.8) is 0 Å². The topological polar surface area (TPSA) is 47.6 Å². The fourth-order valence-electron chi connectivity index (χ4n) is 1.87. The zero-order valence-electron chi connectivity index (χ0n) is 9.38. The third-order valence-electron chi connectivity index (χ3n) is 2.69. The van der Waals surface area contributed by atoms with Crippen molar-refractivity contribution < 1.29 is 14.3 Å². The second-order valence-electron chi connectivity index (χ2n) is 3.68. The minimum Gasteiger partial charge on any atom is -0.465 e. The molecule has 5 heteroatoms. The normalized spacial score (nSPS) is 19.1. The largest absolute Gasteiger partial charge is 0.465 e. The Bertz CT molecular complexity index is 188. The molecule has 0 radical (unpaired) electrons. The van der Waals surface area contributed by atoms with Crippen LogP contribution >= 0.6 is 12.4 Å². The van der Waals surface area contributed by atoms with Crippen molar-refractivity contribution in [1.29, 1.82) is 0 Å². The maximum Gasteiger partial charge on any atom is 0.314 e. The molecule has 0 aliphatic carbocycles. The zero-order valence-corrected chi connectivity index (χ0v) is 10.2. The summed E-state index contributed by atoms with van der Waals surface area (Å²) in [6.07, 6.45) is 1.61. The first-order chi connectivity index (χ1) is 6.75. The first kappa shape index (κ1) is 14.7. The molecule has 1 saturated heterocycles. The van der Waals surface area contributed by atoms with Crippen LogP contribution in [0.4, 0.5) is 0 Å². The highest BCUT2D eigenvalue weighted by Crippen LogP contribution is 2.30. The zero-order chi connectivity index (χ0) is 10.4. The predicted molar refractivity (Wildman–Crippen MR) is 60.3 cm³/mol. The van der Waals surface area contributed by atoms with Crippen LogP contribution in [-0.2, 0) is 14.3 Å². The third-order valence-corrected chi connectivity index (χ3v) is 2.69. The minimum absolute atomic E-state index is 0. The Morgan fingerprint density at radius 1 is 1.40 bits per heavy atom. The van der Waals surface area contributed by atoms with Gasteiger partial charge in [0.05, 0.1) is 18.6 Å². The number of hydrogen-bond acceptors (Lipinski definition) is 4. The van der Waals surface area contributed by atoms with Crippen LogP contribution in [-0.4, -0.2) is 39.4 Å². The van der Waals surface area contributed by atoms with E-state index < -0.39 is 5.41 Å². The van der Waals surface area contributed by atoms with E-state index in [9.17, 15) is 4.79 Å². The lowest BCUT2D eigenvalue weighted by molar-refractivity contribution is -0.161. The van der Waals surface area contributed by atoms with Crippen molar-refractivity contribution in [1.82, 2.24) is 5.32 Å². The molecule has 0 atom stereocenters. The Labute approximate surface area is 97.1 Å². The van der Waals surface area contributed by atoms with Gasteiger partial charge < -0.3 is 14.8 Å². The van der Waals surface area contributed by atoms with E-state index >= 15 is 0 Å². The Morgan fingerprint density at radius 2 is 2.00 bits per heavy atom. The van der Waals surface area contributed by atoms with Crippen LogP contribution in [0, 0.1) is 5.41 Å². The Hall–Kier alpha value is -0.320. The van der Waals surface area contributed by atoms with Gasteiger partial charge in [0.1, 0.15) is 0 Å². The fourth-order valence-corrected chi connectivity index (χ4v) is 1.87. The van der Waals surface area contributed by atoms with E-state index in [0.717, 1.165) is 25.9 Å². The highest BCUT2D eigenvalue weighted by Gasteiger charge is 2.40. The molecule has 0 amide bonds. The molecule has 1 heterocycles. The van der Waals surface area contributed by atoms with Crippen LogP contribution in [0.1, 0.15) is 19.8 Å². The molecule has 4 nitrogen and oxygen atoms in total. The molecule has 90 valence electrons. The van der Waals surface area contributed by atoms with Gasteiger partial charge in [-0.2, -0.15) is 0 Å². The molecule has 0 aromatic rings. The molecule has 1 fully saturated rings. The number of hydrogen-bond donors (Lipinski definition) is 1. The summed E-state index contributed by atoms with van der Waals surface area (Å²) in [4.78, 5) is 11.8. The number of halogens is 1. The monoisotopic (exact) mass is 237 g/mol. The summed E-state index contributed by atoms with van der Waals surface area (Å²) in [7, 11) is 1.63.